The monoisotopic (exact) mass is 463 g/mol. The van der Waals surface area contributed by atoms with Crippen molar-refractivity contribution in [1.82, 2.24) is 14.5 Å². The molecule has 0 aliphatic heterocycles. The molecular weight excluding hydrogens is 437 g/mol. The number of carbonyl (C=O) groups is 1. The van der Waals surface area contributed by atoms with Gasteiger partial charge in [0.2, 0.25) is 11.9 Å². The molecule has 4 aromatic rings. The predicted octanol–water partition coefficient (Wildman–Crippen LogP) is 4.72. The van der Waals surface area contributed by atoms with Crippen LogP contribution < -0.4 is 15.4 Å². The van der Waals surface area contributed by atoms with Crippen molar-refractivity contribution in [3.63, 3.8) is 0 Å². The molecule has 0 bridgehead atoms. The molecule has 9 heteroatoms. The van der Waals surface area contributed by atoms with Gasteiger partial charge in [-0.05, 0) is 24.6 Å². The highest BCUT2D eigenvalue weighted by Crippen LogP contribution is 2.34. The number of nitrogens with one attached hydrogen (secondary N) is 2. The highest BCUT2D eigenvalue weighted by Gasteiger charge is 2.15. The molecule has 0 aliphatic rings. The fraction of sp³-hybridized carbons (Fsp3) is 0.240. The van der Waals surface area contributed by atoms with Gasteiger partial charge in [-0.2, -0.15) is 0 Å². The first-order chi connectivity index (χ1) is 16.5. The summed E-state index contributed by atoms with van der Waals surface area (Å²) in [4.78, 5) is 20.7. The first kappa shape index (κ1) is 23.2. The summed E-state index contributed by atoms with van der Waals surface area (Å²) in [7, 11) is 1.43. The molecule has 2 aromatic carbocycles. The van der Waals surface area contributed by atoms with Crippen LogP contribution in [-0.2, 0) is 11.3 Å². The first-order valence-electron chi connectivity index (χ1n) is 11.0. The minimum Gasteiger partial charge on any atom is -0.494 e. The van der Waals surface area contributed by atoms with Crippen LogP contribution >= 0.6 is 0 Å². The Hall–Kier alpha value is -3.98. The number of aliphatic hydroxyl groups is 1. The number of hydrogen-bond donors (Lipinski definition) is 3. The quantitative estimate of drug-likeness (QED) is 0.332. The number of nitrogens with zero attached hydrogens (tertiary/aromatic N) is 3. The summed E-state index contributed by atoms with van der Waals surface area (Å²) in [5, 5.41) is 15.9. The lowest BCUT2D eigenvalue weighted by molar-refractivity contribution is -0.115. The van der Waals surface area contributed by atoms with Gasteiger partial charge in [0.25, 0.3) is 0 Å². The Morgan fingerprint density at radius 1 is 1.21 bits per heavy atom. The number of hydrogen-bond acceptors (Lipinski definition) is 6. The highest BCUT2D eigenvalue weighted by molar-refractivity contribution is 5.95. The van der Waals surface area contributed by atoms with Crippen molar-refractivity contribution in [2.45, 2.75) is 26.3 Å². The molecule has 2 aromatic heterocycles. The zero-order valence-electron chi connectivity index (χ0n) is 19.0. The number of aryl methyl sites for hydroxylation is 1. The number of rotatable bonds is 9. The van der Waals surface area contributed by atoms with E-state index in [0.29, 0.717) is 30.3 Å². The Morgan fingerprint density at radius 3 is 2.79 bits per heavy atom. The van der Waals surface area contributed by atoms with Crippen molar-refractivity contribution in [3.05, 3.63) is 60.7 Å². The molecule has 176 valence electrons. The lowest BCUT2D eigenvalue weighted by Crippen LogP contribution is -2.11. The summed E-state index contributed by atoms with van der Waals surface area (Å²) in [6.07, 6.45) is 4.53. The number of anilines is 3. The van der Waals surface area contributed by atoms with Crippen molar-refractivity contribution in [2.24, 2.45) is 0 Å². The van der Waals surface area contributed by atoms with Crippen molar-refractivity contribution in [1.29, 1.82) is 0 Å². The molecule has 8 nitrogen and oxygen atoms in total. The Bertz CT molecular complexity index is 1320. The summed E-state index contributed by atoms with van der Waals surface area (Å²) in [5.74, 6) is -0.357. The number of ether oxygens (including phenoxy) is 1. The molecule has 34 heavy (non-hydrogen) atoms. The average molecular weight is 464 g/mol. The van der Waals surface area contributed by atoms with E-state index in [1.54, 1.807) is 13.1 Å². The van der Waals surface area contributed by atoms with Gasteiger partial charge in [-0.1, -0.05) is 25.1 Å². The smallest absolute Gasteiger partial charge is 0.227 e. The zero-order valence-corrected chi connectivity index (χ0v) is 19.0. The number of benzene rings is 2. The van der Waals surface area contributed by atoms with E-state index in [4.69, 9.17) is 4.74 Å². The van der Waals surface area contributed by atoms with Crippen molar-refractivity contribution >= 4 is 34.1 Å². The van der Waals surface area contributed by atoms with E-state index in [1.165, 1.54) is 19.2 Å². The largest absolute Gasteiger partial charge is 0.494 e. The number of aliphatic hydroxyl groups excluding tert-OH is 1. The highest BCUT2D eigenvalue weighted by atomic mass is 19.1. The van der Waals surface area contributed by atoms with Gasteiger partial charge in [-0.15, -0.1) is 0 Å². The van der Waals surface area contributed by atoms with Gasteiger partial charge in [0, 0.05) is 54.5 Å². The number of fused-ring (bicyclic) bond motifs is 1. The Kier molecular flexibility index (Phi) is 7.03. The van der Waals surface area contributed by atoms with E-state index in [1.807, 2.05) is 36.5 Å². The first-order valence-corrected chi connectivity index (χ1v) is 11.0. The molecule has 0 radical (unpaired) electrons. The van der Waals surface area contributed by atoms with Crippen LogP contribution in [0.3, 0.4) is 0 Å². The Labute approximate surface area is 196 Å². The number of aromatic nitrogens is 3. The van der Waals surface area contributed by atoms with E-state index in [0.717, 1.165) is 16.5 Å². The minimum atomic E-state index is -0.602. The molecule has 1 amide bonds. The van der Waals surface area contributed by atoms with Crippen LogP contribution in [-0.4, -0.2) is 39.3 Å². The van der Waals surface area contributed by atoms with E-state index < -0.39 is 5.82 Å². The lowest BCUT2D eigenvalue weighted by atomic mass is 10.1. The molecule has 0 unspecified atom stereocenters. The summed E-state index contributed by atoms with van der Waals surface area (Å²) in [5.41, 5.74) is 3.14. The normalized spacial score (nSPS) is 10.9. The fourth-order valence-corrected chi connectivity index (χ4v) is 3.72. The average Bonchev–Trinajstić information content (AvgIpc) is 3.23. The molecule has 0 spiro atoms. The maximum Gasteiger partial charge on any atom is 0.227 e. The molecule has 4 rings (SSSR count). The Morgan fingerprint density at radius 2 is 2.03 bits per heavy atom. The second-order valence-corrected chi connectivity index (χ2v) is 7.66. The van der Waals surface area contributed by atoms with Gasteiger partial charge in [-0.25, -0.2) is 14.4 Å². The molecule has 0 atom stereocenters. The van der Waals surface area contributed by atoms with E-state index >= 15 is 0 Å². The summed E-state index contributed by atoms with van der Waals surface area (Å²) >= 11 is 0. The van der Waals surface area contributed by atoms with Crippen molar-refractivity contribution < 1.29 is 19.0 Å². The van der Waals surface area contributed by atoms with Crippen LogP contribution in [0.25, 0.3) is 22.2 Å². The number of methoxy groups -OCH3 is 1. The number of carbonyl (C=O) groups excluding carboxylic acids is 1. The van der Waals surface area contributed by atoms with Crippen LogP contribution in [0, 0.1) is 5.82 Å². The molecule has 2 heterocycles. The third kappa shape index (κ3) is 4.84. The second-order valence-electron chi connectivity index (χ2n) is 7.66. The van der Waals surface area contributed by atoms with Gasteiger partial charge >= 0.3 is 0 Å². The number of amides is 1. The van der Waals surface area contributed by atoms with Crippen LogP contribution in [0.15, 0.2) is 54.9 Å². The third-order valence-electron chi connectivity index (χ3n) is 5.41. The summed E-state index contributed by atoms with van der Waals surface area (Å²) in [6.45, 7) is 2.49. The number of halogens is 1. The maximum absolute atomic E-state index is 14.4. The van der Waals surface area contributed by atoms with Gasteiger partial charge in [0.05, 0.1) is 24.2 Å². The molecule has 3 N–H and O–H groups in total. The van der Waals surface area contributed by atoms with Crippen LogP contribution in [0.1, 0.15) is 19.8 Å². The SMILES string of the molecule is CCC(=O)Nc1cc(Nc2nccc(-c3cn(CCCO)c4ccccc34)n2)c(OC)cc1F. The predicted molar refractivity (Wildman–Crippen MR) is 130 cm³/mol. The third-order valence-corrected chi connectivity index (χ3v) is 5.41. The van der Waals surface area contributed by atoms with Gasteiger partial charge in [0.15, 0.2) is 5.82 Å². The molecular formula is C25H26FN5O3. The molecule has 0 saturated carbocycles. The van der Waals surface area contributed by atoms with Gasteiger partial charge in [-0.3, -0.25) is 4.79 Å². The minimum absolute atomic E-state index is 0.0401. The van der Waals surface area contributed by atoms with Crippen molar-refractivity contribution in [2.75, 3.05) is 24.4 Å². The van der Waals surface area contributed by atoms with E-state index in [9.17, 15) is 14.3 Å². The molecule has 0 aliphatic carbocycles. The topological polar surface area (TPSA) is 101 Å². The van der Waals surface area contributed by atoms with Gasteiger partial charge < -0.3 is 25.0 Å². The standard InChI is InChI=1S/C25H26FN5O3/c1-3-24(33)28-20-14-21(23(34-2)13-18(20)26)30-25-27-10-9-19(29-25)17-15-31(11-6-12-32)22-8-5-4-7-16(17)22/h4-5,7-10,13-15,32H,3,6,11-12H2,1-2H3,(H,28,33)(H,27,29,30). The molecule has 0 fully saturated rings. The van der Waals surface area contributed by atoms with E-state index in [-0.39, 0.29) is 30.4 Å². The number of para-hydroxylation sites is 1. The summed E-state index contributed by atoms with van der Waals surface area (Å²) in [6, 6.07) is 12.5. The zero-order chi connectivity index (χ0) is 24.1. The van der Waals surface area contributed by atoms with Crippen LogP contribution in [0.2, 0.25) is 0 Å². The maximum atomic E-state index is 14.4. The van der Waals surface area contributed by atoms with Crippen LogP contribution in [0.5, 0.6) is 5.75 Å². The Balaban J connectivity index is 1.69. The van der Waals surface area contributed by atoms with Crippen molar-refractivity contribution in [3.8, 4) is 17.0 Å². The fourth-order valence-electron chi connectivity index (χ4n) is 3.72. The molecule has 0 saturated heterocycles. The van der Waals surface area contributed by atoms with Crippen LogP contribution in [0.4, 0.5) is 21.7 Å². The lowest BCUT2D eigenvalue weighted by Gasteiger charge is -2.14. The second kappa shape index (κ2) is 10.3. The van der Waals surface area contributed by atoms with Gasteiger partial charge in [0.1, 0.15) is 5.75 Å². The summed E-state index contributed by atoms with van der Waals surface area (Å²) < 4.78 is 21.8. The van der Waals surface area contributed by atoms with E-state index in [2.05, 4.69) is 25.2 Å².